The second-order valence-electron chi connectivity index (χ2n) is 12.1. The van der Waals surface area contributed by atoms with Crippen LogP contribution < -0.4 is 27.2 Å². The Bertz CT molecular complexity index is 2280. The molecule has 3 aliphatic rings. The fourth-order valence-electron chi connectivity index (χ4n) is 6.56. The molecule has 10 heteroatoms. The Balaban J connectivity index is 0.00000417. The van der Waals surface area contributed by atoms with Gasteiger partial charge in [-0.3, -0.25) is 4.79 Å². The van der Waals surface area contributed by atoms with Crippen LogP contribution >= 0.6 is 0 Å². The van der Waals surface area contributed by atoms with E-state index in [0.717, 1.165) is 38.9 Å². The van der Waals surface area contributed by atoms with E-state index < -0.39 is 21.9 Å². The SMILES string of the molecule is CN(c1ccccc1)c1ccc2c(-c3ccccc3S(=O)(=O)N3CCC(C(=O)O)CC3)c3ccc(=[N+](C)c4ccccc4)cc-3oc2c1.[Cl-]. The van der Waals surface area contributed by atoms with E-state index in [4.69, 9.17) is 4.42 Å². The summed E-state index contributed by atoms with van der Waals surface area (Å²) < 4.78 is 38.7. The Morgan fingerprint density at radius 2 is 1.47 bits per heavy atom. The summed E-state index contributed by atoms with van der Waals surface area (Å²) in [6.07, 6.45) is 0.560. The normalized spacial score (nSPS) is 14.7. The molecule has 0 amide bonds. The van der Waals surface area contributed by atoms with Crippen molar-refractivity contribution in [1.29, 1.82) is 0 Å². The van der Waals surface area contributed by atoms with Crippen LogP contribution in [0.15, 0.2) is 131 Å². The van der Waals surface area contributed by atoms with Crippen molar-refractivity contribution in [2.24, 2.45) is 5.92 Å². The quantitative estimate of drug-likeness (QED) is 0.199. The van der Waals surface area contributed by atoms with Crippen LogP contribution in [-0.4, -0.2) is 51.0 Å². The van der Waals surface area contributed by atoms with Crippen molar-refractivity contribution >= 4 is 44.0 Å². The zero-order valence-electron chi connectivity index (χ0n) is 27.2. The maximum atomic E-state index is 14.3. The van der Waals surface area contributed by atoms with Gasteiger partial charge in [-0.05, 0) is 49.2 Å². The van der Waals surface area contributed by atoms with Gasteiger partial charge >= 0.3 is 5.97 Å². The number of aliphatic carboxylic acids is 1. The number of benzene rings is 5. The molecule has 0 radical (unpaired) electrons. The summed E-state index contributed by atoms with van der Waals surface area (Å²) >= 11 is 0. The van der Waals surface area contributed by atoms with Gasteiger partial charge in [0.1, 0.15) is 18.4 Å². The van der Waals surface area contributed by atoms with Crippen LogP contribution in [0.1, 0.15) is 12.8 Å². The van der Waals surface area contributed by atoms with E-state index in [1.807, 2.05) is 123 Å². The number of sulfonamides is 1. The molecule has 0 aromatic heterocycles. The third-order valence-electron chi connectivity index (χ3n) is 9.33. The van der Waals surface area contributed by atoms with Crippen molar-refractivity contribution in [3.63, 3.8) is 0 Å². The first-order chi connectivity index (χ1) is 23.2. The molecule has 0 saturated carbocycles. The first-order valence-electron chi connectivity index (χ1n) is 16.0. The van der Waals surface area contributed by atoms with Gasteiger partial charge in [0.15, 0.2) is 0 Å². The van der Waals surface area contributed by atoms with Crippen LogP contribution in [-0.2, 0) is 14.8 Å². The summed E-state index contributed by atoms with van der Waals surface area (Å²) in [5.74, 6) is -0.804. The molecule has 0 atom stereocenters. The fraction of sp³-hybridized carbons (Fsp3) is 0.179. The van der Waals surface area contributed by atoms with E-state index in [-0.39, 0.29) is 43.2 Å². The van der Waals surface area contributed by atoms with E-state index in [0.29, 0.717) is 16.9 Å². The molecule has 2 heterocycles. The predicted molar refractivity (Wildman–Crippen MR) is 189 cm³/mol. The molecule has 4 aromatic rings. The summed E-state index contributed by atoms with van der Waals surface area (Å²) in [5, 5.41) is 11.2. The molecule has 0 bridgehead atoms. The van der Waals surface area contributed by atoms with Crippen molar-refractivity contribution in [2.75, 3.05) is 32.1 Å². The molecule has 4 aromatic carbocycles. The average Bonchev–Trinajstić information content (AvgIpc) is 3.13. The number of halogens is 1. The van der Waals surface area contributed by atoms with Crippen molar-refractivity contribution < 1.29 is 35.1 Å². The third kappa shape index (κ3) is 6.45. The lowest BCUT2D eigenvalue weighted by atomic mass is 9.93. The van der Waals surface area contributed by atoms with Gasteiger partial charge in [0.05, 0.1) is 16.9 Å². The molecule has 7 rings (SSSR count). The number of hydrogen-bond acceptors (Lipinski definition) is 5. The Morgan fingerprint density at radius 3 is 2.16 bits per heavy atom. The fourth-order valence-corrected chi connectivity index (χ4v) is 8.22. The van der Waals surface area contributed by atoms with Gasteiger partial charge in [-0.1, -0.05) is 54.6 Å². The first kappa shape index (κ1) is 33.9. The highest BCUT2D eigenvalue weighted by Gasteiger charge is 2.34. The maximum Gasteiger partial charge on any atom is 0.306 e. The number of carboxylic acid groups (broad SMARTS) is 1. The molecule has 49 heavy (non-hydrogen) atoms. The van der Waals surface area contributed by atoms with E-state index >= 15 is 0 Å². The molecule has 1 saturated heterocycles. The molecule has 8 nitrogen and oxygen atoms in total. The number of carboxylic acids is 1. The minimum atomic E-state index is -3.95. The highest BCUT2D eigenvalue weighted by atomic mass is 35.5. The largest absolute Gasteiger partial charge is 1.00 e. The molecule has 250 valence electrons. The number of piperidine rings is 1. The molecular formula is C39H36ClN3O5S. The topological polar surface area (TPSA) is 94.1 Å². The minimum absolute atomic E-state index is 0. The lowest BCUT2D eigenvalue weighted by molar-refractivity contribution is -0.142. The van der Waals surface area contributed by atoms with Crippen molar-refractivity contribution in [1.82, 2.24) is 8.88 Å². The number of rotatable bonds is 7. The monoisotopic (exact) mass is 693 g/mol. The summed E-state index contributed by atoms with van der Waals surface area (Å²) in [5.41, 5.74) is 5.68. The second-order valence-corrected chi connectivity index (χ2v) is 14.0. The molecule has 1 N–H and O–H groups in total. The van der Waals surface area contributed by atoms with Crippen LogP contribution in [0.4, 0.5) is 17.1 Å². The summed E-state index contributed by atoms with van der Waals surface area (Å²) in [7, 11) is 0.0524. The van der Waals surface area contributed by atoms with Crippen molar-refractivity contribution in [3.8, 4) is 22.5 Å². The van der Waals surface area contributed by atoms with Gasteiger partial charge in [-0.2, -0.15) is 8.88 Å². The zero-order valence-corrected chi connectivity index (χ0v) is 28.7. The van der Waals surface area contributed by atoms with Gasteiger partial charge in [0.25, 0.3) is 0 Å². The van der Waals surface area contributed by atoms with Gasteiger partial charge in [0.2, 0.25) is 21.1 Å². The molecular weight excluding hydrogens is 658 g/mol. The Morgan fingerprint density at radius 1 is 0.816 bits per heavy atom. The van der Waals surface area contributed by atoms with Gasteiger partial charge in [-0.15, -0.1) is 0 Å². The highest BCUT2D eigenvalue weighted by Crippen LogP contribution is 2.44. The summed E-state index contributed by atoms with van der Waals surface area (Å²) in [6.45, 7) is 0.313. The smallest absolute Gasteiger partial charge is 0.306 e. The molecule has 0 unspecified atom stereocenters. The highest BCUT2D eigenvalue weighted by molar-refractivity contribution is 7.89. The summed E-state index contributed by atoms with van der Waals surface area (Å²) in [6, 6.07) is 39.2. The number of anilines is 2. The Kier molecular flexibility index (Phi) is 9.61. The zero-order chi connectivity index (χ0) is 33.4. The lowest BCUT2D eigenvalue weighted by Crippen LogP contribution is -3.00. The van der Waals surface area contributed by atoms with Crippen molar-refractivity contribution in [2.45, 2.75) is 17.7 Å². The standard InChI is InChI=1S/C39H35N3O5S.ClH/c1-40(28-11-5-3-6-12-28)30-17-19-32-35(25-30)47-36-26-31(41(2)29-13-7-4-8-14-29)18-20-33(36)38(32)34-15-9-10-16-37(34)48(45,46)42-23-21-27(22-24-42)39(43)44;/h3-20,25-27H,21-24H2,1-2H3;1H. The lowest BCUT2D eigenvalue weighted by Gasteiger charge is -2.30. The first-order valence-corrected chi connectivity index (χ1v) is 17.4. The molecule has 2 aliphatic heterocycles. The molecule has 1 fully saturated rings. The molecule has 0 spiro atoms. The number of para-hydroxylation sites is 2. The van der Waals surface area contributed by atoms with Crippen LogP contribution in [0.2, 0.25) is 0 Å². The number of hydrogen-bond donors (Lipinski definition) is 1. The van der Waals surface area contributed by atoms with Gasteiger partial charge in [0, 0.05) is 77.9 Å². The van der Waals surface area contributed by atoms with E-state index in [1.54, 1.807) is 12.1 Å². The Labute approximate surface area is 292 Å². The minimum Gasteiger partial charge on any atom is -1.00 e. The van der Waals surface area contributed by atoms with Gasteiger partial charge < -0.3 is 26.8 Å². The van der Waals surface area contributed by atoms with Crippen LogP contribution in [0, 0.1) is 5.92 Å². The third-order valence-corrected chi connectivity index (χ3v) is 11.3. The summed E-state index contributed by atoms with van der Waals surface area (Å²) in [4.78, 5) is 13.8. The van der Waals surface area contributed by atoms with Crippen LogP contribution in [0.3, 0.4) is 0 Å². The number of nitrogens with zero attached hydrogens (tertiary/aromatic N) is 3. The van der Waals surface area contributed by atoms with Crippen LogP contribution in [0.5, 0.6) is 0 Å². The van der Waals surface area contributed by atoms with Crippen LogP contribution in [0.25, 0.3) is 33.4 Å². The Hall–Kier alpha value is -4.96. The predicted octanol–water partition coefficient (Wildman–Crippen LogP) is 4.20. The number of carbonyl (C=O) groups is 1. The van der Waals surface area contributed by atoms with E-state index in [1.165, 1.54) is 4.31 Å². The van der Waals surface area contributed by atoms with Crippen molar-refractivity contribution in [3.05, 3.63) is 127 Å². The maximum absolute atomic E-state index is 14.3. The van der Waals surface area contributed by atoms with E-state index in [9.17, 15) is 18.3 Å². The number of fused-ring (bicyclic) bond motifs is 2. The van der Waals surface area contributed by atoms with Gasteiger partial charge in [-0.25, -0.2) is 8.42 Å². The molecule has 1 aliphatic carbocycles. The van der Waals surface area contributed by atoms with E-state index in [2.05, 4.69) is 9.48 Å². The second kappa shape index (κ2) is 13.9. The average molecular weight is 694 g/mol.